The number of H-pyrrole nitrogens is 1. The molecule has 0 aliphatic carbocycles. The Bertz CT molecular complexity index is 940. The quantitative estimate of drug-likeness (QED) is 0.613. The maximum absolute atomic E-state index is 12.4. The molecule has 3 N–H and O–H groups in total. The molecular formula is C18H15F2N3O3. The lowest BCUT2D eigenvalue weighted by Gasteiger charge is -2.11. The van der Waals surface area contributed by atoms with Crippen molar-refractivity contribution in [3.8, 4) is 5.75 Å². The number of amides is 2. The van der Waals surface area contributed by atoms with Gasteiger partial charge in [0.05, 0.1) is 12.0 Å². The van der Waals surface area contributed by atoms with E-state index in [0.29, 0.717) is 0 Å². The molecule has 8 heteroatoms. The molecule has 0 spiro atoms. The highest BCUT2D eigenvalue weighted by Gasteiger charge is 2.16. The van der Waals surface area contributed by atoms with Crippen LogP contribution in [0.25, 0.3) is 10.9 Å². The van der Waals surface area contributed by atoms with Gasteiger partial charge in [0, 0.05) is 17.1 Å². The van der Waals surface area contributed by atoms with Gasteiger partial charge in [-0.1, -0.05) is 30.3 Å². The summed E-state index contributed by atoms with van der Waals surface area (Å²) < 4.78 is 29.1. The number of nitrogens with one attached hydrogen (secondary N) is 3. The molecule has 0 saturated heterocycles. The minimum absolute atomic E-state index is 0.0411. The minimum Gasteiger partial charge on any atom is -0.434 e. The van der Waals surface area contributed by atoms with E-state index in [-0.39, 0.29) is 17.7 Å². The van der Waals surface area contributed by atoms with Crippen molar-refractivity contribution in [2.75, 3.05) is 0 Å². The second-order valence-electron chi connectivity index (χ2n) is 5.41. The molecule has 6 nitrogen and oxygen atoms in total. The standard InChI is InChI=1S/C18H15F2N3O3/c19-18(20)26-15-8-4-2-6-13(15)17(25)23-22-16(24)9-11-10-21-14-7-3-1-5-12(11)14/h1-8,10,18,21H,9H2,(H,22,24)(H,23,25). The van der Waals surface area contributed by atoms with Crippen LogP contribution < -0.4 is 15.6 Å². The van der Waals surface area contributed by atoms with Crippen LogP contribution in [0.3, 0.4) is 0 Å². The Morgan fingerprint density at radius 3 is 2.58 bits per heavy atom. The number of rotatable bonds is 5. The van der Waals surface area contributed by atoms with Crippen LogP contribution in [-0.4, -0.2) is 23.4 Å². The van der Waals surface area contributed by atoms with E-state index in [0.717, 1.165) is 16.5 Å². The highest BCUT2D eigenvalue weighted by molar-refractivity contribution is 5.98. The summed E-state index contributed by atoms with van der Waals surface area (Å²) in [7, 11) is 0. The van der Waals surface area contributed by atoms with E-state index in [1.165, 1.54) is 24.3 Å². The van der Waals surface area contributed by atoms with Gasteiger partial charge in [0.2, 0.25) is 5.91 Å². The van der Waals surface area contributed by atoms with Crippen molar-refractivity contribution in [3.05, 3.63) is 65.9 Å². The van der Waals surface area contributed by atoms with Crippen molar-refractivity contribution in [2.45, 2.75) is 13.0 Å². The topological polar surface area (TPSA) is 83.2 Å². The van der Waals surface area contributed by atoms with Crippen molar-refractivity contribution in [3.63, 3.8) is 0 Å². The number of aromatic amines is 1. The Hall–Kier alpha value is -3.42. The lowest BCUT2D eigenvalue weighted by molar-refractivity contribution is -0.121. The first kappa shape index (κ1) is 17.4. The highest BCUT2D eigenvalue weighted by atomic mass is 19.3. The summed E-state index contributed by atoms with van der Waals surface area (Å²) >= 11 is 0. The molecule has 0 aliphatic rings. The third-order valence-corrected chi connectivity index (χ3v) is 3.69. The Kier molecular flexibility index (Phi) is 5.12. The van der Waals surface area contributed by atoms with Crippen LogP contribution in [0.2, 0.25) is 0 Å². The summed E-state index contributed by atoms with van der Waals surface area (Å²) in [6, 6.07) is 13.0. The summed E-state index contributed by atoms with van der Waals surface area (Å²) in [5.74, 6) is -1.48. The van der Waals surface area contributed by atoms with Gasteiger partial charge in [0.1, 0.15) is 5.75 Å². The van der Waals surface area contributed by atoms with E-state index in [1.54, 1.807) is 6.20 Å². The molecule has 0 unspecified atom stereocenters. The van der Waals surface area contributed by atoms with E-state index in [2.05, 4.69) is 20.6 Å². The van der Waals surface area contributed by atoms with Crippen molar-refractivity contribution in [1.82, 2.24) is 15.8 Å². The Morgan fingerprint density at radius 1 is 1.04 bits per heavy atom. The number of hydrogen-bond acceptors (Lipinski definition) is 3. The van der Waals surface area contributed by atoms with Crippen molar-refractivity contribution < 1.29 is 23.1 Å². The van der Waals surface area contributed by atoms with Crippen LogP contribution in [0, 0.1) is 0 Å². The first-order valence-electron chi connectivity index (χ1n) is 7.72. The molecule has 1 heterocycles. The molecule has 0 fully saturated rings. The largest absolute Gasteiger partial charge is 0.434 e. The summed E-state index contributed by atoms with van der Waals surface area (Å²) in [6.45, 7) is -3.06. The first-order chi connectivity index (χ1) is 12.5. The number of ether oxygens (including phenoxy) is 1. The summed E-state index contributed by atoms with van der Waals surface area (Å²) in [5, 5.41) is 0.907. The molecule has 134 valence electrons. The lowest BCUT2D eigenvalue weighted by Crippen LogP contribution is -2.42. The van der Waals surface area contributed by atoms with Gasteiger partial charge >= 0.3 is 6.61 Å². The average Bonchev–Trinajstić information content (AvgIpc) is 3.03. The molecular weight excluding hydrogens is 344 g/mol. The number of para-hydroxylation sites is 2. The van der Waals surface area contributed by atoms with Crippen LogP contribution in [0.5, 0.6) is 5.75 Å². The lowest BCUT2D eigenvalue weighted by atomic mass is 10.1. The number of fused-ring (bicyclic) bond motifs is 1. The van der Waals surface area contributed by atoms with E-state index in [1.807, 2.05) is 24.3 Å². The zero-order valence-electron chi connectivity index (χ0n) is 13.5. The number of aromatic nitrogens is 1. The van der Waals surface area contributed by atoms with Crippen molar-refractivity contribution >= 4 is 22.7 Å². The van der Waals surface area contributed by atoms with Crippen LogP contribution in [0.4, 0.5) is 8.78 Å². The molecule has 3 rings (SSSR count). The Balaban J connectivity index is 1.62. The van der Waals surface area contributed by atoms with Gasteiger partial charge in [0.15, 0.2) is 0 Å². The predicted octanol–water partition coefficient (Wildman–Crippen LogP) is 2.77. The zero-order valence-corrected chi connectivity index (χ0v) is 13.5. The number of halogens is 2. The molecule has 0 radical (unpaired) electrons. The van der Waals surface area contributed by atoms with E-state index < -0.39 is 18.4 Å². The van der Waals surface area contributed by atoms with E-state index in [4.69, 9.17) is 0 Å². The molecule has 2 aromatic carbocycles. The number of benzene rings is 2. The maximum atomic E-state index is 12.4. The Labute approximate surface area is 147 Å². The fraction of sp³-hybridized carbons (Fsp3) is 0.111. The average molecular weight is 359 g/mol. The highest BCUT2D eigenvalue weighted by Crippen LogP contribution is 2.20. The zero-order chi connectivity index (χ0) is 18.5. The number of carbonyl (C=O) groups excluding carboxylic acids is 2. The normalized spacial score (nSPS) is 10.7. The van der Waals surface area contributed by atoms with E-state index >= 15 is 0 Å². The SMILES string of the molecule is O=C(Cc1c[nH]c2ccccc12)NNC(=O)c1ccccc1OC(F)F. The fourth-order valence-electron chi connectivity index (χ4n) is 2.54. The smallest absolute Gasteiger partial charge is 0.387 e. The van der Waals surface area contributed by atoms with Gasteiger partial charge in [-0.15, -0.1) is 0 Å². The molecule has 0 aliphatic heterocycles. The van der Waals surface area contributed by atoms with Gasteiger partial charge < -0.3 is 9.72 Å². The van der Waals surface area contributed by atoms with Crippen molar-refractivity contribution in [2.24, 2.45) is 0 Å². The van der Waals surface area contributed by atoms with Crippen LogP contribution in [-0.2, 0) is 11.2 Å². The maximum Gasteiger partial charge on any atom is 0.387 e. The minimum atomic E-state index is -3.06. The number of hydrazine groups is 1. The van der Waals surface area contributed by atoms with Crippen LogP contribution in [0.15, 0.2) is 54.7 Å². The number of carbonyl (C=O) groups is 2. The second kappa shape index (κ2) is 7.64. The summed E-state index contributed by atoms with van der Waals surface area (Å²) in [4.78, 5) is 27.2. The van der Waals surface area contributed by atoms with Gasteiger partial charge in [-0.3, -0.25) is 20.4 Å². The number of hydrogen-bond donors (Lipinski definition) is 3. The van der Waals surface area contributed by atoms with Crippen LogP contribution in [0.1, 0.15) is 15.9 Å². The van der Waals surface area contributed by atoms with Gasteiger partial charge in [0.25, 0.3) is 5.91 Å². The molecule has 26 heavy (non-hydrogen) atoms. The second-order valence-corrected chi connectivity index (χ2v) is 5.41. The summed E-state index contributed by atoms with van der Waals surface area (Å²) in [5.41, 5.74) is 6.03. The first-order valence-corrected chi connectivity index (χ1v) is 7.72. The monoisotopic (exact) mass is 359 g/mol. The van der Waals surface area contributed by atoms with Gasteiger partial charge in [-0.25, -0.2) is 0 Å². The third-order valence-electron chi connectivity index (χ3n) is 3.69. The van der Waals surface area contributed by atoms with E-state index in [9.17, 15) is 18.4 Å². The van der Waals surface area contributed by atoms with Crippen LogP contribution >= 0.6 is 0 Å². The predicted molar refractivity (Wildman–Crippen MR) is 90.7 cm³/mol. The Morgan fingerprint density at radius 2 is 1.77 bits per heavy atom. The molecule has 0 atom stereocenters. The molecule has 2 amide bonds. The molecule has 1 aromatic heterocycles. The van der Waals surface area contributed by atoms with Crippen molar-refractivity contribution in [1.29, 1.82) is 0 Å². The molecule has 0 saturated carbocycles. The number of alkyl halides is 2. The fourth-order valence-corrected chi connectivity index (χ4v) is 2.54. The van der Waals surface area contributed by atoms with Gasteiger partial charge in [-0.2, -0.15) is 8.78 Å². The molecule has 0 bridgehead atoms. The molecule has 3 aromatic rings. The summed E-state index contributed by atoms with van der Waals surface area (Å²) in [6.07, 6.45) is 1.76. The third kappa shape index (κ3) is 3.97. The van der Waals surface area contributed by atoms with Gasteiger partial charge in [-0.05, 0) is 23.8 Å².